The van der Waals surface area contributed by atoms with Gasteiger partial charge in [-0.15, -0.1) is 0 Å². The lowest BCUT2D eigenvalue weighted by atomic mass is 10.1. The molecule has 1 unspecified atom stereocenters. The summed E-state index contributed by atoms with van der Waals surface area (Å²) in [6.45, 7) is 4.51. The van der Waals surface area contributed by atoms with Gasteiger partial charge < -0.3 is 11.1 Å². The maximum atomic E-state index is 11.5. The van der Waals surface area contributed by atoms with Crippen LogP contribution < -0.4 is 16.7 Å². The van der Waals surface area contributed by atoms with Crippen molar-refractivity contribution < 1.29 is 0 Å². The van der Waals surface area contributed by atoms with Gasteiger partial charge in [0.1, 0.15) is 11.6 Å². The first-order valence-corrected chi connectivity index (χ1v) is 6.07. The third kappa shape index (κ3) is 2.35. The second-order valence-corrected chi connectivity index (χ2v) is 4.24. The fourth-order valence-electron chi connectivity index (χ4n) is 1.96. The van der Waals surface area contributed by atoms with Crippen molar-refractivity contribution in [3.8, 4) is 0 Å². The number of H-pyrrole nitrogens is 1. The lowest BCUT2D eigenvalue weighted by Gasteiger charge is -2.16. The minimum atomic E-state index is -0.268. The summed E-state index contributed by atoms with van der Waals surface area (Å²) in [6.07, 6.45) is 1.85. The number of fused-ring (bicyclic) bond motifs is 1. The van der Waals surface area contributed by atoms with Crippen LogP contribution in [0.4, 0.5) is 5.82 Å². The molecule has 1 atom stereocenters. The highest BCUT2D eigenvalue weighted by molar-refractivity contribution is 5.50. The van der Waals surface area contributed by atoms with Crippen molar-refractivity contribution in [1.29, 1.82) is 0 Å². The van der Waals surface area contributed by atoms with Gasteiger partial charge >= 0.3 is 5.69 Å². The van der Waals surface area contributed by atoms with Crippen LogP contribution in [-0.4, -0.2) is 32.2 Å². The monoisotopic (exact) mass is 250 g/mol. The van der Waals surface area contributed by atoms with Gasteiger partial charge in [-0.25, -0.2) is 19.3 Å². The molecule has 18 heavy (non-hydrogen) atoms. The summed E-state index contributed by atoms with van der Waals surface area (Å²) in [5.41, 5.74) is 5.86. The zero-order valence-corrected chi connectivity index (χ0v) is 10.6. The van der Waals surface area contributed by atoms with E-state index in [-0.39, 0.29) is 11.7 Å². The number of aromatic amines is 1. The van der Waals surface area contributed by atoms with E-state index in [1.807, 2.05) is 0 Å². The van der Waals surface area contributed by atoms with Crippen molar-refractivity contribution in [2.24, 2.45) is 5.73 Å². The van der Waals surface area contributed by atoms with E-state index in [0.29, 0.717) is 18.0 Å². The number of aromatic nitrogens is 4. The van der Waals surface area contributed by atoms with E-state index in [0.717, 1.165) is 18.7 Å². The smallest absolute Gasteiger partial charge is 0.349 e. The van der Waals surface area contributed by atoms with E-state index in [4.69, 9.17) is 5.73 Å². The molecule has 7 heteroatoms. The molecule has 4 N–H and O–H groups in total. The molecule has 0 saturated heterocycles. The van der Waals surface area contributed by atoms with Crippen molar-refractivity contribution >= 4 is 11.5 Å². The highest BCUT2D eigenvalue weighted by Crippen LogP contribution is 2.11. The third-order valence-corrected chi connectivity index (χ3v) is 2.93. The Morgan fingerprint density at radius 2 is 2.39 bits per heavy atom. The van der Waals surface area contributed by atoms with E-state index >= 15 is 0 Å². The summed E-state index contributed by atoms with van der Waals surface area (Å²) in [6, 6.07) is 2.04. The molecular formula is C11H18N6O. The van der Waals surface area contributed by atoms with Gasteiger partial charge in [-0.3, -0.25) is 0 Å². The summed E-state index contributed by atoms with van der Waals surface area (Å²) in [7, 11) is 0. The summed E-state index contributed by atoms with van der Waals surface area (Å²) in [5, 5.41) is 9.66. The first kappa shape index (κ1) is 12.6. The van der Waals surface area contributed by atoms with Crippen molar-refractivity contribution in [3.05, 3.63) is 22.4 Å². The lowest BCUT2D eigenvalue weighted by molar-refractivity contribution is 0.639. The molecule has 0 amide bonds. The number of aryl methyl sites for hydroxylation is 1. The van der Waals surface area contributed by atoms with Gasteiger partial charge in [-0.05, 0) is 26.3 Å². The summed E-state index contributed by atoms with van der Waals surface area (Å²) in [4.78, 5) is 15.8. The average molecular weight is 250 g/mol. The number of anilines is 1. The van der Waals surface area contributed by atoms with Gasteiger partial charge in [-0.2, -0.15) is 5.10 Å². The van der Waals surface area contributed by atoms with Crippen LogP contribution in [0.15, 0.2) is 10.9 Å². The maximum Gasteiger partial charge on any atom is 0.349 e. The SMILES string of the molecule is CCC(CCN)Nc1cc2n[nH]c(=O)n2c(C)n1. The molecule has 0 saturated carbocycles. The maximum absolute atomic E-state index is 11.5. The van der Waals surface area contributed by atoms with Gasteiger partial charge in [0, 0.05) is 12.1 Å². The van der Waals surface area contributed by atoms with E-state index in [2.05, 4.69) is 27.4 Å². The molecule has 0 bridgehead atoms. The van der Waals surface area contributed by atoms with Crippen LogP contribution in [-0.2, 0) is 0 Å². The molecule has 2 heterocycles. The molecule has 0 aromatic carbocycles. The third-order valence-electron chi connectivity index (χ3n) is 2.93. The lowest BCUT2D eigenvalue weighted by Crippen LogP contribution is -2.23. The minimum Gasteiger partial charge on any atom is -0.367 e. The number of nitrogens with one attached hydrogen (secondary N) is 2. The van der Waals surface area contributed by atoms with Gasteiger partial charge in [-0.1, -0.05) is 6.92 Å². The molecule has 2 aromatic heterocycles. The topological polar surface area (TPSA) is 101 Å². The standard InChI is InChI=1S/C11H18N6O/c1-3-8(4-5-12)14-9-6-10-15-16-11(18)17(10)7(2)13-9/h6,8,14H,3-5,12H2,1-2H3,(H,16,18). The highest BCUT2D eigenvalue weighted by atomic mass is 16.1. The predicted molar refractivity (Wildman–Crippen MR) is 69.7 cm³/mol. The van der Waals surface area contributed by atoms with E-state index in [1.165, 1.54) is 4.40 Å². The van der Waals surface area contributed by atoms with Crippen LogP contribution in [0.2, 0.25) is 0 Å². The quantitative estimate of drug-likeness (QED) is 0.707. The van der Waals surface area contributed by atoms with E-state index in [9.17, 15) is 4.79 Å². The summed E-state index contributed by atoms with van der Waals surface area (Å²) in [5.74, 6) is 1.33. The molecule has 98 valence electrons. The van der Waals surface area contributed by atoms with E-state index in [1.54, 1.807) is 13.0 Å². The molecular weight excluding hydrogens is 232 g/mol. The fourth-order valence-corrected chi connectivity index (χ4v) is 1.96. The van der Waals surface area contributed by atoms with Gasteiger partial charge in [0.2, 0.25) is 0 Å². The van der Waals surface area contributed by atoms with Gasteiger partial charge in [0.05, 0.1) is 0 Å². The Labute approximate surface area is 104 Å². The average Bonchev–Trinajstić information content (AvgIpc) is 2.71. The van der Waals surface area contributed by atoms with Crippen LogP contribution >= 0.6 is 0 Å². The molecule has 0 aliphatic carbocycles. The molecule has 0 aliphatic heterocycles. The van der Waals surface area contributed by atoms with Crippen molar-refractivity contribution in [2.45, 2.75) is 32.7 Å². The zero-order valence-electron chi connectivity index (χ0n) is 10.6. The molecule has 0 fully saturated rings. The number of hydrogen-bond donors (Lipinski definition) is 3. The van der Waals surface area contributed by atoms with Crippen LogP contribution in [0.25, 0.3) is 5.65 Å². The Morgan fingerprint density at radius 1 is 1.61 bits per heavy atom. The Morgan fingerprint density at radius 3 is 3.06 bits per heavy atom. The van der Waals surface area contributed by atoms with Crippen molar-refractivity contribution in [3.63, 3.8) is 0 Å². The molecule has 7 nitrogen and oxygen atoms in total. The molecule has 0 aliphatic rings. The largest absolute Gasteiger partial charge is 0.367 e. The Kier molecular flexibility index (Phi) is 3.61. The fraction of sp³-hybridized carbons (Fsp3) is 0.545. The van der Waals surface area contributed by atoms with Crippen LogP contribution in [0.3, 0.4) is 0 Å². The van der Waals surface area contributed by atoms with Crippen molar-refractivity contribution in [2.75, 3.05) is 11.9 Å². The predicted octanol–water partition coefficient (Wildman–Crippen LogP) is 0.265. The number of nitrogens with zero attached hydrogens (tertiary/aromatic N) is 3. The van der Waals surface area contributed by atoms with Crippen LogP contribution in [0.5, 0.6) is 0 Å². The van der Waals surface area contributed by atoms with Crippen LogP contribution in [0, 0.1) is 6.92 Å². The Balaban J connectivity index is 2.32. The van der Waals surface area contributed by atoms with Crippen molar-refractivity contribution in [1.82, 2.24) is 19.6 Å². The number of rotatable bonds is 5. The number of nitrogens with two attached hydrogens (primary N) is 1. The Bertz CT molecular complexity index is 587. The highest BCUT2D eigenvalue weighted by Gasteiger charge is 2.10. The molecule has 0 radical (unpaired) electrons. The summed E-state index contributed by atoms with van der Waals surface area (Å²) >= 11 is 0. The molecule has 2 aromatic rings. The van der Waals surface area contributed by atoms with Crippen LogP contribution in [0.1, 0.15) is 25.6 Å². The Hall–Kier alpha value is -1.89. The molecule has 2 rings (SSSR count). The second-order valence-electron chi connectivity index (χ2n) is 4.24. The zero-order chi connectivity index (χ0) is 13.1. The van der Waals surface area contributed by atoms with E-state index < -0.39 is 0 Å². The van der Waals surface area contributed by atoms with Gasteiger partial charge in [0.25, 0.3) is 0 Å². The first-order chi connectivity index (χ1) is 8.65. The normalized spacial score (nSPS) is 12.8. The minimum absolute atomic E-state index is 0.268. The second kappa shape index (κ2) is 5.18. The summed E-state index contributed by atoms with van der Waals surface area (Å²) < 4.78 is 1.44. The number of hydrogen-bond acceptors (Lipinski definition) is 5. The van der Waals surface area contributed by atoms with Gasteiger partial charge in [0.15, 0.2) is 5.65 Å². The molecule has 0 spiro atoms. The first-order valence-electron chi connectivity index (χ1n) is 6.07.